The maximum absolute atomic E-state index is 6.12. The van der Waals surface area contributed by atoms with Gasteiger partial charge in [0.05, 0.1) is 15.2 Å². The maximum Gasteiger partial charge on any atom is 0.203 e. The highest BCUT2D eigenvalue weighted by Gasteiger charge is 2.22. The fourth-order valence-corrected chi connectivity index (χ4v) is 5.33. The zero-order chi connectivity index (χ0) is 22.2. The molecule has 6 nitrogen and oxygen atoms in total. The molecule has 1 atom stereocenters. The highest BCUT2D eigenvalue weighted by molar-refractivity contribution is 7.18. The fraction of sp³-hybridized carbons (Fsp3) is 0.0769. The van der Waals surface area contributed by atoms with E-state index < -0.39 is 0 Å². The van der Waals surface area contributed by atoms with E-state index in [2.05, 4.69) is 87.1 Å². The number of aromatic nitrogens is 5. The Kier molecular flexibility index (Phi) is 4.81. The van der Waals surface area contributed by atoms with Crippen molar-refractivity contribution in [1.29, 1.82) is 0 Å². The normalized spacial score (nSPS) is 12.4. The monoisotopic (exact) mass is 448 g/mol. The van der Waals surface area contributed by atoms with Gasteiger partial charge in [0, 0.05) is 12.3 Å². The second-order valence-electron chi connectivity index (χ2n) is 7.96. The van der Waals surface area contributed by atoms with Crippen molar-refractivity contribution >= 4 is 38.5 Å². The number of hydrogen-bond acceptors (Lipinski definition) is 6. The van der Waals surface area contributed by atoms with Crippen molar-refractivity contribution in [3.05, 3.63) is 101 Å². The molecular weight excluding hydrogens is 428 g/mol. The second-order valence-corrected chi connectivity index (χ2v) is 9.07. The van der Waals surface area contributed by atoms with Crippen LogP contribution in [0.15, 0.2) is 84.9 Å². The van der Waals surface area contributed by atoms with Crippen molar-refractivity contribution in [2.75, 3.05) is 5.73 Å². The average Bonchev–Trinajstić information content (AvgIpc) is 3.49. The molecule has 0 spiro atoms. The van der Waals surface area contributed by atoms with E-state index in [1.807, 2.05) is 18.2 Å². The molecule has 0 bridgehead atoms. The first-order valence-corrected chi connectivity index (χ1v) is 11.5. The number of nitrogens with zero attached hydrogens (tertiary/aromatic N) is 4. The van der Waals surface area contributed by atoms with Gasteiger partial charge in [0.2, 0.25) is 5.65 Å². The van der Waals surface area contributed by atoms with E-state index in [0.717, 1.165) is 28.0 Å². The van der Waals surface area contributed by atoms with Crippen molar-refractivity contribution < 1.29 is 0 Å². The van der Waals surface area contributed by atoms with Gasteiger partial charge in [-0.25, -0.2) is 9.97 Å². The molecule has 0 aliphatic rings. The summed E-state index contributed by atoms with van der Waals surface area (Å²) in [6.45, 7) is 0. The highest BCUT2D eigenvalue weighted by Crippen LogP contribution is 2.36. The smallest absolute Gasteiger partial charge is 0.203 e. The Balaban J connectivity index is 1.43. The molecule has 0 fully saturated rings. The van der Waals surface area contributed by atoms with E-state index in [4.69, 9.17) is 10.7 Å². The van der Waals surface area contributed by atoms with Crippen LogP contribution < -0.4 is 5.73 Å². The average molecular weight is 449 g/mol. The summed E-state index contributed by atoms with van der Waals surface area (Å²) in [6.07, 6.45) is 0.732. The zero-order valence-corrected chi connectivity index (χ0v) is 18.5. The van der Waals surface area contributed by atoms with Crippen LogP contribution in [0.1, 0.15) is 22.1 Å². The molecule has 3 heterocycles. The van der Waals surface area contributed by atoms with Crippen LogP contribution in [0.3, 0.4) is 0 Å². The van der Waals surface area contributed by atoms with Crippen molar-refractivity contribution in [2.24, 2.45) is 0 Å². The van der Waals surface area contributed by atoms with Gasteiger partial charge in [-0.2, -0.15) is 10.3 Å². The van der Waals surface area contributed by atoms with E-state index >= 15 is 0 Å². The van der Waals surface area contributed by atoms with Crippen molar-refractivity contribution in [3.63, 3.8) is 0 Å². The number of thiazole rings is 1. The molecule has 0 aliphatic heterocycles. The lowest BCUT2D eigenvalue weighted by Crippen LogP contribution is -2.07. The molecule has 0 saturated carbocycles. The number of H-pyrrole nitrogens is 1. The third kappa shape index (κ3) is 3.72. The van der Waals surface area contributed by atoms with Crippen LogP contribution in [0.4, 0.5) is 5.82 Å². The molecule has 33 heavy (non-hydrogen) atoms. The lowest BCUT2D eigenvalue weighted by molar-refractivity contribution is 0.803. The molecule has 160 valence electrons. The second kappa shape index (κ2) is 8.11. The minimum atomic E-state index is 0.0262. The third-order valence-electron chi connectivity index (χ3n) is 5.84. The molecule has 0 radical (unpaired) electrons. The molecule has 3 N–H and O–H groups in total. The van der Waals surface area contributed by atoms with Gasteiger partial charge in [0.1, 0.15) is 11.3 Å². The Morgan fingerprint density at radius 1 is 0.818 bits per heavy atom. The Hall–Kier alpha value is -4.10. The van der Waals surface area contributed by atoms with Gasteiger partial charge < -0.3 is 5.73 Å². The van der Waals surface area contributed by atoms with Crippen LogP contribution in [0.2, 0.25) is 0 Å². The first-order chi connectivity index (χ1) is 16.2. The number of nitrogens with two attached hydrogens (primary N) is 1. The lowest BCUT2D eigenvalue weighted by atomic mass is 9.88. The molecule has 6 rings (SSSR count). The first-order valence-electron chi connectivity index (χ1n) is 10.7. The van der Waals surface area contributed by atoms with Gasteiger partial charge in [0.15, 0.2) is 0 Å². The number of benzene rings is 3. The highest BCUT2D eigenvalue weighted by atomic mass is 32.1. The largest absolute Gasteiger partial charge is 0.384 e. The van der Waals surface area contributed by atoms with E-state index in [-0.39, 0.29) is 5.92 Å². The Labute approximate surface area is 194 Å². The van der Waals surface area contributed by atoms with Crippen LogP contribution >= 0.6 is 11.3 Å². The van der Waals surface area contributed by atoms with Crippen LogP contribution in [0.5, 0.6) is 0 Å². The zero-order valence-electron chi connectivity index (χ0n) is 17.6. The van der Waals surface area contributed by atoms with Crippen LogP contribution in [-0.2, 0) is 6.42 Å². The number of anilines is 1. The predicted molar refractivity (Wildman–Crippen MR) is 133 cm³/mol. The van der Waals surface area contributed by atoms with Crippen LogP contribution in [0.25, 0.3) is 32.5 Å². The van der Waals surface area contributed by atoms with Gasteiger partial charge in [0.25, 0.3) is 0 Å². The molecule has 7 heteroatoms. The number of rotatable bonds is 5. The van der Waals surface area contributed by atoms with Gasteiger partial charge >= 0.3 is 0 Å². The number of fused-ring (bicyclic) bond motifs is 2. The summed E-state index contributed by atoms with van der Waals surface area (Å²) < 4.78 is 1.18. The van der Waals surface area contributed by atoms with Gasteiger partial charge in [-0.3, -0.25) is 0 Å². The minimum absolute atomic E-state index is 0.0262. The topological polar surface area (TPSA) is 93.4 Å². The van der Waals surface area contributed by atoms with Crippen LogP contribution in [-0.4, -0.2) is 25.4 Å². The summed E-state index contributed by atoms with van der Waals surface area (Å²) in [7, 11) is 0. The number of aromatic amines is 1. The van der Waals surface area contributed by atoms with E-state index in [1.54, 1.807) is 11.3 Å². The summed E-state index contributed by atoms with van der Waals surface area (Å²) in [4.78, 5) is 9.27. The van der Waals surface area contributed by atoms with Gasteiger partial charge in [-0.15, -0.1) is 16.4 Å². The van der Waals surface area contributed by atoms with Gasteiger partial charge in [-0.05, 0) is 40.5 Å². The SMILES string of the molecule is Nc1cc([C@H](Cc2nc3ccc(-c4ccccc4)cc3s2)c2ccccc2)c2n[nH]nc2n1. The van der Waals surface area contributed by atoms with Crippen molar-refractivity contribution in [1.82, 2.24) is 25.4 Å². The van der Waals surface area contributed by atoms with E-state index in [1.165, 1.54) is 21.4 Å². The first kappa shape index (κ1) is 19.6. The quantitative estimate of drug-likeness (QED) is 0.359. The fourth-order valence-electron chi connectivity index (χ4n) is 4.28. The summed E-state index contributed by atoms with van der Waals surface area (Å²) in [5.41, 5.74) is 13.0. The summed E-state index contributed by atoms with van der Waals surface area (Å²) in [6, 6.07) is 29.2. The molecule has 0 saturated heterocycles. The molecule has 3 aromatic carbocycles. The molecule has 6 aromatic rings. The minimum Gasteiger partial charge on any atom is -0.384 e. The number of nitrogens with one attached hydrogen (secondary N) is 1. The molecule has 3 aromatic heterocycles. The van der Waals surface area contributed by atoms with E-state index in [9.17, 15) is 0 Å². The van der Waals surface area contributed by atoms with Crippen LogP contribution in [0, 0.1) is 0 Å². The molecule has 0 aliphatic carbocycles. The Bertz CT molecular complexity index is 1560. The van der Waals surface area contributed by atoms with Gasteiger partial charge in [-0.1, -0.05) is 66.7 Å². The summed E-state index contributed by atoms with van der Waals surface area (Å²) in [5.74, 6) is 0.461. The van der Waals surface area contributed by atoms with Crippen molar-refractivity contribution in [2.45, 2.75) is 12.3 Å². The Morgan fingerprint density at radius 2 is 1.61 bits per heavy atom. The third-order valence-corrected chi connectivity index (χ3v) is 6.88. The summed E-state index contributed by atoms with van der Waals surface area (Å²) in [5, 5.41) is 12.3. The number of pyridine rings is 1. The molecular formula is C26H20N6S. The standard InChI is InChI=1S/C26H20N6S/c27-23-14-20(25-26(29-23)31-32-30-25)19(17-9-5-2-6-10-17)15-24-28-21-12-11-18(13-22(21)33-24)16-7-3-1-4-8-16/h1-14,19H,15H2,(H3,27,29,30,31,32)/t19-/m1/s1. The lowest BCUT2D eigenvalue weighted by Gasteiger charge is -2.17. The number of hydrogen-bond donors (Lipinski definition) is 2. The predicted octanol–water partition coefficient (Wildman–Crippen LogP) is 5.59. The molecule has 0 unspecified atom stereocenters. The maximum atomic E-state index is 6.12. The molecule has 0 amide bonds. The summed E-state index contributed by atoms with van der Waals surface area (Å²) >= 11 is 1.73. The number of nitrogen functional groups attached to an aromatic ring is 1. The van der Waals surface area contributed by atoms with E-state index in [0.29, 0.717) is 11.5 Å². The Morgan fingerprint density at radius 3 is 2.42 bits per heavy atom. The van der Waals surface area contributed by atoms with Crippen molar-refractivity contribution in [3.8, 4) is 11.1 Å².